The van der Waals surface area contributed by atoms with Gasteiger partial charge >= 0.3 is 0 Å². The number of aliphatic hydroxyl groups excluding tert-OH is 1. The van der Waals surface area contributed by atoms with Crippen LogP contribution in [0.25, 0.3) is 16.8 Å². The number of fused-ring (bicyclic) bond motifs is 1. The van der Waals surface area contributed by atoms with E-state index in [1.54, 1.807) is 29.0 Å². The van der Waals surface area contributed by atoms with Crippen LogP contribution in [0, 0.1) is 17.6 Å². The topological polar surface area (TPSA) is 108 Å². The third kappa shape index (κ3) is 4.51. The Labute approximate surface area is 224 Å². The van der Waals surface area contributed by atoms with E-state index >= 15 is 8.78 Å². The Morgan fingerprint density at radius 3 is 2.59 bits per heavy atom. The van der Waals surface area contributed by atoms with Crippen molar-refractivity contribution < 1.29 is 23.4 Å². The number of nitrogens with zero attached hydrogens (tertiary/aromatic N) is 4. The number of imidazole rings is 1. The number of methoxy groups -OCH3 is 1. The zero-order chi connectivity index (χ0) is 27.3. The van der Waals surface area contributed by atoms with Gasteiger partial charge in [-0.25, -0.2) is 18.3 Å². The summed E-state index contributed by atoms with van der Waals surface area (Å²) in [4.78, 5) is 8.90. The summed E-state index contributed by atoms with van der Waals surface area (Å²) in [5, 5.41) is 14.9. The molecule has 1 aliphatic heterocycles. The molecule has 1 saturated heterocycles. The van der Waals surface area contributed by atoms with Gasteiger partial charge in [0, 0.05) is 32.0 Å². The van der Waals surface area contributed by atoms with E-state index in [0.29, 0.717) is 29.7 Å². The summed E-state index contributed by atoms with van der Waals surface area (Å²) in [6, 6.07) is 7.63. The molecule has 1 saturated carbocycles. The van der Waals surface area contributed by atoms with Crippen molar-refractivity contribution in [2.75, 3.05) is 20.3 Å². The molecule has 0 bridgehead atoms. The molecule has 3 aromatic heterocycles. The summed E-state index contributed by atoms with van der Waals surface area (Å²) in [5.41, 5.74) is 8.55. The lowest BCUT2D eigenvalue weighted by molar-refractivity contribution is -0.202. The molecule has 10 heteroatoms. The van der Waals surface area contributed by atoms with Crippen LogP contribution in [0.1, 0.15) is 48.2 Å². The number of hydrogen-bond acceptors (Lipinski definition) is 7. The SMILES string of the molecule is COC1(c2cc(F)c(-c3ccc4cnc(Cc5cnccc5[C@H]5C[C@@H](N)[C@@H](O)[C@@H](C)C5)n4n3)c(F)c2)COC1. The normalized spacial score (nSPS) is 24.6. The van der Waals surface area contributed by atoms with Crippen molar-refractivity contribution in [1.82, 2.24) is 19.6 Å². The number of ether oxygens (including phenoxy) is 2. The monoisotopic (exact) mass is 535 g/mol. The highest BCUT2D eigenvalue weighted by Crippen LogP contribution is 2.38. The number of aromatic nitrogens is 4. The Bertz CT molecular complexity index is 1480. The first-order valence-corrected chi connectivity index (χ1v) is 13.1. The van der Waals surface area contributed by atoms with Crippen molar-refractivity contribution in [2.45, 2.75) is 49.9 Å². The van der Waals surface area contributed by atoms with E-state index in [1.807, 2.05) is 19.2 Å². The van der Waals surface area contributed by atoms with Crippen molar-refractivity contribution in [2.24, 2.45) is 11.7 Å². The van der Waals surface area contributed by atoms with Crippen LogP contribution >= 0.6 is 0 Å². The van der Waals surface area contributed by atoms with Crippen LogP contribution in [0.3, 0.4) is 0 Å². The molecule has 4 atom stereocenters. The number of hydrogen-bond donors (Lipinski definition) is 2. The fraction of sp³-hybridized carbons (Fsp3) is 0.414. The summed E-state index contributed by atoms with van der Waals surface area (Å²) in [6.45, 7) is 2.50. The van der Waals surface area contributed by atoms with Crippen molar-refractivity contribution in [3.8, 4) is 11.3 Å². The van der Waals surface area contributed by atoms with Gasteiger partial charge in [0.15, 0.2) is 0 Å². The summed E-state index contributed by atoms with van der Waals surface area (Å²) in [7, 11) is 1.50. The minimum Gasteiger partial charge on any atom is -0.391 e. The number of benzene rings is 1. The quantitative estimate of drug-likeness (QED) is 0.387. The molecule has 3 N–H and O–H groups in total. The highest BCUT2D eigenvalue weighted by Gasteiger charge is 2.42. The largest absolute Gasteiger partial charge is 0.391 e. The fourth-order valence-electron chi connectivity index (χ4n) is 5.94. The average molecular weight is 536 g/mol. The maximum atomic E-state index is 15.3. The van der Waals surface area contributed by atoms with Crippen LogP contribution < -0.4 is 5.73 Å². The van der Waals surface area contributed by atoms with Crippen LogP contribution in [-0.4, -0.2) is 57.2 Å². The zero-order valence-electron chi connectivity index (χ0n) is 21.8. The van der Waals surface area contributed by atoms with Crippen molar-refractivity contribution in [3.63, 3.8) is 0 Å². The Hall–Kier alpha value is -3.31. The standard InChI is InChI=1S/C29H31F2N5O3/c1-16-7-17(8-24(32)28(16)37)21-5-6-33-12-18(21)9-26-34-13-20-3-4-25(35-36(20)26)27-22(30)10-19(11-23(27)31)29(38-2)14-39-15-29/h3-6,10-13,16-17,24,28,37H,7-9,14-15,32H2,1-2H3/t16-,17+,24+,28-/m0/s1. The van der Waals surface area contributed by atoms with Gasteiger partial charge in [-0.2, -0.15) is 5.10 Å². The van der Waals surface area contributed by atoms with E-state index in [9.17, 15) is 5.11 Å². The summed E-state index contributed by atoms with van der Waals surface area (Å²) in [5.74, 6) is -0.549. The first-order chi connectivity index (χ1) is 18.8. The second-order valence-corrected chi connectivity index (χ2v) is 10.8. The van der Waals surface area contributed by atoms with Crippen molar-refractivity contribution >= 4 is 5.52 Å². The van der Waals surface area contributed by atoms with Gasteiger partial charge in [-0.3, -0.25) is 4.98 Å². The zero-order valence-corrected chi connectivity index (χ0v) is 21.8. The first-order valence-electron chi connectivity index (χ1n) is 13.1. The maximum absolute atomic E-state index is 15.3. The lowest BCUT2D eigenvalue weighted by Gasteiger charge is -2.40. The molecule has 1 aromatic carbocycles. The highest BCUT2D eigenvalue weighted by atomic mass is 19.1. The summed E-state index contributed by atoms with van der Waals surface area (Å²) >= 11 is 0. The summed E-state index contributed by atoms with van der Waals surface area (Å²) in [6.07, 6.45) is 6.68. The van der Waals surface area contributed by atoms with Crippen LogP contribution in [0.5, 0.6) is 0 Å². The van der Waals surface area contributed by atoms with Gasteiger partial charge in [-0.05, 0) is 71.7 Å². The lowest BCUT2D eigenvalue weighted by Crippen LogP contribution is -2.48. The molecule has 1 aliphatic carbocycles. The molecular weight excluding hydrogens is 504 g/mol. The van der Waals surface area contributed by atoms with E-state index < -0.39 is 23.3 Å². The number of aliphatic hydroxyl groups is 1. The van der Waals surface area contributed by atoms with E-state index in [4.69, 9.17) is 15.2 Å². The summed E-state index contributed by atoms with van der Waals surface area (Å²) < 4.78 is 43.0. The molecule has 0 radical (unpaired) electrons. The molecule has 2 fully saturated rings. The van der Waals surface area contributed by atoms with Gasteiger partial charge in [0.05, 0.1) is 42.3 Å². The highest BCUT2D eigenvalue weighted by molar-refractivity contribution is 5.63. The second-order valence-electron chi connectivity index (χ2n) is 10.8. The molecule has 6 rings (SSSR count). The van der Waals surface area contributed by atoms with E-state index in [0.717, 1.165) is 17.5 Å². The Morgan fingerprint density at radius 2 is 1.92 bits per heavy atom. The molecule has 39 heavy (non-hydrogen) atoms. The minimum atomic E-state index is -0.839. The average Bonchev–Trinajstić information content (AvgIpc) is 3.28. The van der Waals surface area contributed by atoms with Gasteiger partial charge in [-0.15, -0.1) is 0 Å². The smallest absolute Gasteiger partial charge is 0.139 e. The third-order valence-electron chi connectivity index (χ3n) is 8.30. The van der Waals surface area contributed by atoms with Crippen molar-refractivity contribution in [1.29, 1.82) is 0 Å². The predicted molar refractivity (Wildman–Crippen MR) is 140 cm³/mol. The van der Waals surface area contributed by atoms with Gasteiger partial charge in [0.1, 0.15) is 23.1 Å². The number of halogens is 2. The van der Waals surface area contributed by atoms with Gasteiger partial charge in [0.2, 0.25) is 0 Å². The molecule has 204 valence electrons. The number of rotatable bonds is 6. The maximum Gasteiger partial charge on any atom is 0.139 e. The van der Waals surface area contributed by atoms with E-state index in [2.05, 4.69) is 15.1 Å². The van der Waals surface area contributed by atoms with Crippen LogP contribution in [0.2, 0.25) is 0 Å². The molecule has 0 unspecified atom stereocenters. The van der Waals surface area contributed by atoms with Crippen LogP contribution in [0.15, 0.2) is 48.9 Å². The minimum absolute atomic E-state index is 0.0861. The third-order valence-corrected chi connectivity index (χ3v) is 8.30. The lowest BCUT2D eigenvalue weighted by atomic mass is 9.74. The molecule has 4 aromatic rings. The molecule has 8 nitrogen and oxygen atoms in total. The number of nitrogens with two attached hydrogens (primary N) is 1. The van der Waals surface area contributed by atoms with Gasteiger partial charge in [0.25, 0.3) is 0 Å². The van der Waals surface area contributed by atoms with Gasteiger partial charge < -0.3 is 20.3 Å². The Kier molecular flexibility index (Phi) is 6.66. The molecule has 2 aliphatic rings. The van der Waals surface area contributed by atoms with Gasteiger partial charge in [-0.1, -0.05) is 6.92 Å². The van der Waals surface area contributed by atoms with Crippen LogP contribution in [-0.2, 0) is 21.5 Å². The second kappa shape index (κ2) is 10.0. The number of pyridine rings is 1. The molecule has 4 heterocycles. The predicted octanol–water partition coefficient (Wildman–Crippen LogP) is 3.73. The van der Waals surface area contributed by atoms with Crippen molar-refractivity contribution in [3.05, 3.63) is 83.1 Å². The first kappa shape index (κ1) is 25.9. The molecule has 0 amide bonds. The Morgan fingerprint density at radius 1 is 1.15 bits per heavy atom. The molecular formula is C29H31F2N5O3. The fourth-order valence-corrected chi connectivity index (χ4v) is 5.94. The van der Waals surface area contributed by atoms with Crippen LogP contribution in [0.4, 0.5) is 8.78 Å². The van der Waals surface area contributed by atoms with E-state index in [1.165, 1.54) is 19.2 Å². The van der Waals surface area contributed by atoms with E-state index in [-0.39, 0.29) is 42.3 Å². The Balaban J connectivity index is 1.34. The molecule has 0 spiro atoms.